The van der Waals surface area contributed by atoms with Crippen LogP contribution in [0.4, 0.5) is 18.9 Å². The van der Waals surface area contributed by atoms with Gasteiger partial charge >= 0.3 is 6.18 Å². The molecule has 1 aliphatic carbocycles. The molecule has 0 saturated carbocycles. The molecule has 0 fully saturated rings. The molecule has 0 bridgehead atoms. The topological polar surface area (TPSA) is 44.9 Å². The number of rotatable bonds is 5. The van der Waals surface area contributed by atoms with Gasteiger partial charge in [0, 0.05) is 35.3 Å². The molecule has 0 amide bonds. The van der Waals surface area contributed by atoms with Gasteiger partial charge < -0.3 is 9.47 Å². The van der Waals surface area contributed by atoms with Gasteiger partial charge in [0.1, 0.15) is 0 Å². The molecule has 30 heavy (non-hydrogen) atoms. The van der Waals surface area contributed by atoms with Gasteiger partial charge in [0.2, 0.25) is 0 Å². The molecule has 1 heterocycles. The standard InChI is InChI=1S/C22H24ClF3N4/c1-5-29-13-28-12-18(29)16-10-19(21(3,4)20(16)23)30(6-2)15-8-7-14(11-27)17(9-15)22(24,25)26/h7-9,12-13,19H,5-6,10H2,1-4H3. The summed E-state index contributed by atoms with van der Waals surface area (Å²) in [5, 5.41) is 9.79. The Morgan fingerprint density at radius 3 is 2.60 bits per heavy atom. The molecular formula is C22H24ClF3N4. The van der Waals surface area contributed by atoms with E-state index in [1.807, 2.05) is 37.2 Å². The Hall–Kier alpha value is -2.46. The Morgan fingerprint density at radius 2 is 2.03 bits per heavy atom. The second kappa shape index (κ2) is 7.99. The van der Waals surface area contributed by atoms with Crippen molar-refractivity contribution in [2.45, 2.75) is 52.9 Å². The number of imidazole rings is 1. The molecule has 1 aliphatic rings. The lowest BCUT2D eigenvalue weighted by molar-refractivity contribution is -0.137. The van der Waals surface area contributed by atoms with Crippen molar-refractivity contribution in [2.75, 3.05) is 11.4 Å². The van der Waals surface area contributed by atoms with Crippen molar-refractivity contribution >= 4 is 22.9 Å². The summed E-state index contributed by atoms with van der Waals surface area (Å²) >= 11 is 6.81. The Balaban J connectivity index is 2.04. The summed E-state index contributed by atoms with van der Waals surface area (Å²) in [5.41, 5.74) is 0.565. The van der Waals surface area contributed by atoms with Gasteiger partial charge in [-0.2, -0.15) is 18.4 Å². The maximum atomic E-state index is 13.5. The monoisotopic (exact) mass is 436 g/mol. The predicted octanol–water partition coefficient (Wildman–Crippen LogP) is 6.07. The van der Waals surface area contributed by atoms with E-state index in [1.54, 1.807) is 24.7 Å². The first-order valence-electron chi connectivity index (χ1n) is 9.83. The zero-order valence-electron chi connectivity index (χ0n) is 17.4. The van der Waals surface area contributed by atoms with Crippen LogP contribution in [0.15, 0.2) is 35.8 Å². The molecule has 8 heteroatoms. The first-order valence-corrected chi connectivity index (χ1v) is 10.2. The van der Waals surface area contributed by atoms with E-state index in [0.717, 1.165) is 23.9 Å². The predicted molar refractivity (Wildman–Crippen MR) is 112 cm³/mol. The molecule has 0 saturated heterocycles. The Labute approximate surface area is 179 Å². The third kappa shape index (κ3) is 3.69. The molecule has 3 rings (SSSR count). The van der Waals surface area contributed by atoms with Crippen LogP contribution in [0.2, 0.25) is 0 Å². The van der Waals surface area contributed by atoms with Crippen LogP contribution >= 0.6 is 11.6 Å². The maximum absolute atomic E-state index is 13.5. The molecular weight excluding hydrogens is 413 g/mol. The fourth-order valence-corrected chi connectivity index (χ4v) is 4.54. The number of aryl methyl sites for hydroxylation is 1. The van der Waals surface area contributed by atoms with Crippen molar-refractivity contribution < 1.29 is 13.2 Å². The summed E-state index contributed by atoms with van der Waals surface area (Å²) in [6.07, 6.45) is -0.479. The van der Waals surface area contributed by atoms with Crippen molar-refractivity contribution in [3.63, 3.8) is 0 Å². The van der Waals surface area contributed by atoms with Crippen LogP contribution in [0.1, 0.15) is 50.9 Å². The second-order valence-corrected chi connectivity index (χ2v) is 8.30. The van der Waals surface area contributed by atoms with Crippen LogP contribution in [0.5, 0.6) is 0 Å². The molecule has 0 spiro atoms. The third-order valence-corrected chi connectivity index (χ3v) is 6.62. The number of hydrogen-bond donors (Lipinski definition) is 0. The van der Waals surface area contributed by atoms with E-state index >= 15 is 0 Å². The molecule has 2 aromatic rings. The van der Waals surface area contributed by atoms with Crippen LogP contribution in [-0.4, -0.2) is 22.1 Å². The van der Waals surface area contributed by atoms with Crippen LogP contribution in [0.25, 0.3) is 5.57 Å². The molecule has 1 aromatic carbocycles. The number of aromatic nitrogens is 2. The first kappa shape index (κ1) is 22.2. The summed E-state index contributed by atoms with van der Waals surface area (Å²) in [6, 6.07) is 5.39. The highest BCUT2D eigenvalue weighted by Gasteiger charge is 2.45. The maximum Gasteiger partial charge on any atom is 0.417 e. The number of anilines is 1. The first-order chi connectivity index (χ1) is 14.1. The van der Waals surface area contributed by atoms with E-state index in [0.29, 0.717) is 23.7 Å². The quantitative estimate of drug-likeness (QED) is 0.571. The van der Waals surface area contributed by atoms with E-state index in [1.165, 1.54) is 6.07 Å². The minimum atomic E-state index is -4.60. The summed E-state index contributed by atoms with van der Waals surface area (Å²) in [7, 11) is 0. The fourth-order valence-electron chi connectivity index (χ4n) is 4.24. The van der Waals surface area contributed by atoms with E-state index in [-0.39, 0.29) is 11.6 Å². The average Bonchev–Trinajstić information content (AvgIpc) is 3.25. The van der Waals surface area contributed by atoms with Crippen molar-refractivity contribution in [1.82, 2.24) is 9.55 Å². The van der Waals surface area contributed by atoms with E-state index in [2.05, 4.69) is 4.98 Å². The SMILES string of the molecule is CCN(c1ccc(C#N)c(C(F)(F)F)c1)C1CC(c2cncn2CC)=C(Cl)C1(C)C. The zero-order chi connectivity index (χ0) is 22.3. The van der Waals surface area contributed by atoms with Gasteiger partial charge in [0.05, 0.1) is 35.4 Å². The van der Waals surface area contributed by atoms with Gasteiger partial charge in [-0.15, -0.1) is 0 Å². The molecule has 1 unspecified atom stereocenters. The number of benzene rings is 1. The summed E-state index contributed by atoms with van der Waals surface area (Å²) < 4.78 is 42.5. The molecule has 4 nitrogen and oxygen atoms in total. The second-order valence-electron chi connectivity index (χ2n) is 7.92. The van der Waals surface area contributed by atoms with Crippen LogP contribution in [0, 0.1) is 16.7 Å². The smallest absolute Gasteiger partial charge is 0.368 e. The summed E-state index contributed by atoms with van der Waals surface area (Å²) in [4.78, 5) is 6.17. The third-order valence-electron chi connectivity index (χ3n) is 5.90. The van der Waals surface area contributed by atoms with Crippen LogP contribution < -0.4 is 4.90 Å². The summed E-state index contributed by atoms with van der Waals surface area (Å²) in [5.74, 6) is 0. The van der Waals surface area contributed by atoms with Gasteiger partial charge in [-0.1, -0.05) is 25.4 Å². The average molecular weight is 437 g/mol. The van der Waals surface area contributed by atoms with E-state index in [9.17, 15) is 13.2 Å². The van der Waals surface area contributed by atoms with Crippen molar-refractivity contribution in [3.8, 4) is 6.07 Å². The van der Waals surface area contributed by atoms with Crippen molar-refractivity contribution in [3.05, 3.63) is 52.6 Å². The van der Waals surface area contributed by atoms with Crippen LogP contribution in [-0.2, 0) is 12.7 Å². The zero-order valence-corrected chi connectivity index (χ0v) is 18.1. The molecule has 0 radical (unpaired) electrons. The highest BCUT2D eigenvalue weighted by atomic mass is 35.5. The minimum Gasteiger partial charge on any atom is -0.368 e. The minimum absolute atomic E-state index is 0.140. The van der Waals surface area contributed by atoms with Gasteiger partial charge in [-0.25, -0.2) is 4.98 Å². The number of hydrogen-bond acceptors (Lipinski definition) is 3. The highest BCUT2D eigenvalue weighted by Crippen LogP contribution is 2.51. The largest absolute Gasteiger partial charge is 0.417 e. The lowest BCUT2D eigenvalue weighted by atomic mass is 9.86. The normalized spacial score (nSPS) is 18.6. The van der Waals surface area contributed by atoms with Gasteiger partial charge in [-0.3, -0.25) is 0 Å². The lowest BCUT2D eigenvalue weighted by Gasteiger charge is -2.39. The number of halogens is 4. The highest BCUT2D eigenvalue weighted by molar-refractivity contribution is 6.34. The van der Waals surface area contributed by atoms with E-state index < -0.39 is 17.2 Å². The Bertz CT molecular complexity index is 1010. The Kier molecular flexibility index (Phi) is 5.92. The molecule has 1 aromatic heterocycles. The molecule has 0 aliphatic heterocycles. The number of nitriles is 1. The summed E-state index contributed by atoms with van der Waals surface area (Å²) in [6.45, 7) is 9.19. The molecule has 1 atom stereocenters. The van der Waals surface area contributed by atoms with Crippen molar-refractivity contribution in [2.24, 2.45) is 5.41 Å². The van der Waals surface area contributed by atoms with Crippen molar-refractivity contribution in [1.29, 1.82) is 5.26 Å². The number of alkyl halides is 3. The molecule has 0 N–H and O–H groups in total. The Morgan fingerprint density at radius 1 is 1.33 bits per heavy atom. The lowest BCUT2D eigenvalue weighted by Crippen LogP contribution is -2.43. The molecule has 160 valence electrons. The van der Waals surface area contributed by atoms with Gasteiger partial charge in [-0.05, 0) is 44.0 Å². The van der Waals surface area contributed by atoms with Gasteiger partial charge in [0.25, 0.3) is 0 Å². The van der Waals surface area contributed by atoms with E-state index in [4.69, 9.17) is 16.9 Å². The number of nitrogens with zero attached hydrogens (tertiary/aromatic N) is 4. The van der Waals surface area contributed by atoms with Crippen LogP contribution in [0.3, 0.4) is 0 Å². The fraction of sp³-hybridized carbons (Fsp3) is 0.455. The van der Waals surface area contributed by atoms with Gasteiger partial charge in [0.15, 0.2) is 0 Å².